The van der Waals surface area contributed by atoms with Gasteiger partial charge in [0, 0.05) is 49.2 Å². The predicted molar refractivity (Wildman–Crippen MR) is 133 cm³/mol. The molecule has 2 aliphatic heterocycles. The van der Waals surface area contributed by atoms with Crippen LogP contribution in [0.15, 0.2) is 66.7 Å². The van der Waals surface area contributed by atoms with Gasteiger partial charge in [-0.05, 0) is 48.4 Å². The number of benzene rings is 3. The average Bonchev–Trinajstić information content (AvgIpc) is 2.90. The van der Waals surface area contributed by atoms with E-state index in [4.69, 9.17) is 4.74 Å². The Balaban J connectivity index is 1.45. The molecule has 3 aromatic carbocycles. The zero-order valence-corrected chi connectivity index (χ0v) is 20.3. The maximum atomic E-state index is 14.1. The zero-order valence-electron chi connectivity index (χ0n) is 20.3. The lowest BCUT2D eigenvalue weighted by Gasteiger charge is -2.49. The molecule has 1 N–H and O–H groups in total. The molecule has 1 saturated heterocycles. The van der Waals surface area contributed by atoms with Crippen molar-refractivity contribution in [1.82, 2.24) is 5.32 Å². The second-order valence-electron chi connectivity index (χ2n) is 9.37. The summed E-state index contributed by atoms with van der Waals surface area (Å²) in [5.74, 6) is -0.632. The third kappa shape index (κ3) is 5.08. The quantitative estimate of drug-likeness (QED) is 0.486. The monoisotopic (exact) mass is 513 g/mol. The number of hydrogen-bond donors (Lipinski definition) is 1. The van der Waals surface area contributed by atoms with Crippen molar-refractivity contribution in [2.45, 2.75) is 25.2 Å². The van der Waals surface area contributed by atoms with Crippen LogP contribution in [0.3, 0.4) is 0 Å². The standard InChI is InChI=1S/C28H27F4N3O2/c1-37-22-7-4-6-21(15-22)34-11-12-35-25-10-9-20(28(30,31)32)13-19(25)14-23(26(35)17-34)27(36)33-16-18-5-2-3-8-24(18)29/h2-10,13,15,23,26H,11-12,14,16-17H2,1H3,(H,33,36)/t23-,26-/m1/s1. The van der Waals surface area contributed by atoms with Gasteiger partial charge in [0.25, 0.3) is 0 Å². The number of carbonyl (C=O) groups excluding carboxylic acids is 1. The first-order valence-corrected chi connectivity index (χ1v) is 12.1. The molecule has 2 atom stereocenters. The fourth-order valence-electron chi connectivity index (χ4n) is 5.30. The molecule has 3 aromatic rings. The Morgan fingerprint density at radius 1 is 1.05 bits per heavy atom. The van der Waals surface area contributed by atoms with Crippen molar-refractivity contribution < 1.29 is 27.1 Å². The highest BCUT2D eigenvalue weighted by atomic mass is 19.4. The lowest BCUT2D eigenvalue weighted by molar-refractivity contribution is -0.137. The number of hydrogen-bond acceptors (Lipinski definition) is 4. The lowest BCUT2D eigenvalue weighted by Crippen LogP contribution is -2.61. The number of amides is 1. The number of rotatable bonds is 5. The Hall–Kier alpha value is -3.75. The molecular weight excluding hydrogens is 486 g/mol. The second kappa shape index (κ2) is 9.95. The van der Waals surface area contributed by atoms with E-state index in [-0.39, 0.29) is 24.9 Å². The third-order valence-electron chi connectivity index (χ3n) is 7.21. The van der Waals surface area contributed by atoms with Gasteiger partial charge >= 0.3 is 6.18 Å². The Kier molecular flexibility index (Phi) is 6.70. The number of ether oxygens (including phenoxy) is 1. The first-order valence-electron chi connectivity index (χ1n) is 12.1. The lowest BCUT2D eigenvalue weighted by atomic mass is 9.82. The highest BCUT2D eigenvalue weighted by Crippen LogP contribution is 2.40. The van der Waals surface area contributed by atoms with Gasteiger partial charge in [0.05, 0.1) is 24.6 Å². The molecule has 5 rings (SSSR count). The van der Waals surface area contributed by atoms with Gasteiger partial charge in [-0.3, -0.25) is 4.79 Å². The first kappa shape index (κ1) is 24.9. The Morgan fingerprint density at radius 2 is 1.86 bits per heavy atom. The summed E-state index contributed by atoms with van der Waals surface area (Å²) in [7, 11) is 1.60. The van der Waals surface area contributed by atoms with Crippen molar-refractivity contribution in [1.29, 1.82) is 0 Å². The molecule has 0 aromatic heterocycles. The number of piperazine rings is 1. The average molecular weight is 514 g/mol. The van der Waals surface area contributed by atoms with Gasteiger partial charge in [0.2, 0.25) is 5.91 Å². The van der Waals surface area contributed by atoms with Crippen LogP contribution < -0.4 is 19.9 Å². The number of nitrogens with one attached hydrogen (secondary N) is 1. The summed E-state index contributed by atoms with van der Waals surface area (Å²) in [6.07, 6.45) is -4.31. The molecule has 9 heteroatoms. The van der Waals surface area contributed by atoms with E-state index < -0.39 is 23.5 Å². The van der Waals surface area contributed by atoms with Crippen molar-refractivity contribution in [3.05, 3.63) is 89.2 Å². The van der Waals surface area contributed by atoms with Crippen LogP contribution >= 0.6 is 0 Å². The molecule has 0 radical (unpaired) electrons. The predicted octanol–water partition coefficient (Wildman–Crippen LogP) is 5.04. The van der Waals surface area contributed by atoms with E-state index in [0.29, 0.717) is 36.5 Å². The molecule has 0 aliphatic carbocycles. The van der Waals surface area contributed by atoms with E-state index in [1.807, 2.05) is 29.2 Å². The van der Waals surface area contributed by atoms with Crippen molar-refractivity contribution in [3.8, 4) is 5.75 Å². The van der Waals surface area contributed by atoms with E-state index in [1.54, 1.807) is 25.3 Å². The molecule has 0 unspecified atom stereocenters. The molecule has 2 heterocycles. The summed E-state index contributed by atoms with van der Waals surface area (Å²) >= 11 is 0. The van der Waals surface area contributed by atoms with Crippen LogP contribution in [0.4, 0.5) is 28.9 Å². The molecule has 1 amide bonds. The van der Waals surface area contributed by atoms with Crippen molar-refractivity contribution >= 4 is 17.3 Å². The number of carbonyl (C=O) groups is 1. The Bertz CT molecular complexity index is 1300. The van der Waals surface area contributed by atoms with Crippen LogP contribution in [0, 0.1) is 11.7 Å². The summed E-state index contributed by atoms with van der Waals surface area (Å²) in [5, 5.41) is 2.82. The van der Waals surface area contributed by atoms with E-state index in [0.717, 1.165) is 23.5 Å². The minimum absolute atomic E-state index is 0.00374. The summed E-state index contributed by atoms with van der Waals surface area (Å²) in [4.78, 5) is 17.7. The van der Waals surface area contributed by atoms with Crippen LogP contribution in [0.1, 0.15) is 16.7 Å². The Labute approximate surface area is 212 Å². The van der Waals surface area contributed by atoms with Crippen LogP contribution in [0.5, 0.6) is 5.75 Å². The van der Waals surface area contributed by atoms with E-state index in [9.17, 15) is 22.4 Å². The van der Waals surface area contributed by atoms with Gasteiger partial charge in [-0.15, -0.1) is 0 Å². The van der Waals surface area contributed by atoms with Crippen molar-refractivity contribution in [3.63, 3.8) is 0 Å². The van der Waals surface area contributed by atoms with Crippen LogP contribution in [-0.4, -0.2) is 38.7 Å². The maximum absolute atomic E-state index is 14.1. The van der Waals surface area contributed by atoms with Gasteiger partial charge in [-0.25, -0.2) is 4.39 Å². The highest BCUT2D eigenvalue weighted by Gasteiger charge is 2.42. The van der Waals surface area contributed by atoms with Gasteiger partial charge in [-0.2, -0.15) is 13.2 Å². The SMILES string of the molecule is COc1cccc(N2CCN3c4ccc(C(F)(F)F)cc4C[C@@H](C(=O)NCc4ccccc4F)[C@H]3C2)c1. The van der Waals surface area contributed by atoms with Crippen molar-refractivity contribution in [2.75, 3.05) is 36.5 Å². The fourth-order valence-corrected chi connectivity index (χ4v) is 5.30. The van der Waals surface area contributed by atoms with Gasteiger partial charge in [0.15, 0.2) is 0 Å². The van der Waals surface area contributed by atoms with E-state index in [1.165, 1.54) is 12.1 Å². The molecule has 0 saturated carbocycles. The zero-order chi connectivity index (χ0) is 26.2. The summed E-state index contributed by atoms with van der Waals surface area (Å²) in [6.45, 7) is 1.68. The van der Waals surface area contributed by atoms with Crippen LogP contribution in [-0.2, 0) is 23.9 Å². The highest BCUT2D eigenvalue weighted by molar-refractivity contribution is 5.82. The molecule has 0 bridgehead atoms. The van der Waals surface area contributed by atoms with Gasteiger partial charge < -0.3 is 19.9 Å². The third-order valence-corrected chi connectivity index (χ3v) is 7.21. The summed E-state index contributed by atoms with van der Waals surface area (Å²) < 4.78 is 59.8. The molecule has 2 aliphatic rings. The van der Waals surface area contributed by atoms with E-state index >= 15 is 0 Å². The minimum Gasteiger partial charge on any atom is -0.497 e. The number of methoxy groups -OCH3 is 1. The molecule has 194 valence electrons. The molecular formula is C28H27F4N3O2. The number of alkyl halides is 3. The van der Waals surface area contributed by atoms with Gasteiger partial charge in [-0.1, -0.05) is 24.3 Å². The topological polar surface area (TPSA) is 44.8 Å². The second-order valence-corrected chi connectivity index (χ2v) is 9.37. The maximum Gasteiger partial charge on any atom is 0.416 e. The van der Waals surface area contributed by atoms with Crippen molar-refractivity contribution in [2.24, 2.45) is 5.92 Å². The number of nitrogens with zero attached hydrogens (tertiary/aromatic N) is 2. The summed E-state index contributed by atoms with van der Waals surface area (Å²) in [6, 6.07) is 17.3. The fraction of sp³-hybridized carbons (Fsp3) is 0.321. The summed E-state index contributed by atoms with van der Waals surface area (Å²) in [5.41, 5.74) is 1.78. The number of halogens is 4. The smallest absolute Gasteiger partial charge is 0.416 e. The molecule has 0 spiro atoms. The molecule has 1 fully saturated rings. The molecule has 37 heavy (non-hydrogen) atoms. The first-order chi connectivity index (χ1) is 17.7. The molecule has 5 nitrogen and oxygen atoms in total. The normalized spacial score (nSPS) is 19.2. The van der Waals surface area contributed by atoms with E-state index in [2.05, 4.69) is 10.2 Å². The van der Waals surface area contributed by atoms with Crippen LogP contribution in [0.25, 0.3) is 0 Å². The number of anilines is 2. The minimum atomic E-state index is -4.47. The number of fused-ring (bicyclic) bond motifs is 3. The largest absolute Gasteiger partial charge is 0.497 e. The Morgan fingerprint density at radius 3 is 2.62 bits per heavy atom. The van der Waals surface area contributed by atoms with Crippen LogP contribution in [0.2, 0.25) is 0 Å². The van der Waals surface area contributed by atoms with Gasteiger partial charge in [0.1, 0.15) is 11.6 Å².